The van der Waals surface area contributed by atoms with Gasteiger partial charge >= 0.3 is 0 Å². The Balaban J connectivity index is 1.66. The van der Waals surface area contributed by atoms with Crippen molar-refractivity contribution < 1.29 is 4.39 Å². The van der Waals surface area contributed by atoms with Crippen LogP contribution in [0.3, 0.4) is 0 Å². The number of fused-ring (bicyclic) bond motifs is 1. The molecule has 3 heterocycles. The molecule has 2 aromatic heterocycles. The van der Waals surface area contributed by atoms with Gasteiger partial charge in [0.1, 0.15) is 17.7 Å². The molecule has 4 rings (SSSR count). The lowest BCUT2D eigenvalue weighted by Gasteiger charge is -2.05. The van der Waals surface area contributed by atoms with Gasteiger partial charge in [0.15, 0.2) is 5.82 Å². The first kappa shape index (κ1) is 16.7. The van der Waals surface area contributed by atoms with Gasteiger partial charge in [0, 0.05) is 22.7 Å². The largest absolute Gasteiger partial charge is 0.310 e. The molecule has 0 fully saturated rings. The van der Waals surface area contributed by atoms with Crippen LogP contribution in [0.1, 0.15) is 35.8 Å². The monoisotopic (exact) mass is 364 g/mol. The zero-order valence-electron chi connectivity index (χ0n) is 14.2. The second kappa shape index (κ2) is 7.22. The van der Waals surface area contributed by atoms with Crippen molar-refractivity contribution in [3.8, 4) is 16.5 Å². The fourth-order valence-electron chi connectivity index (χ4n) is 3.17. The Hall–Kier alpha value is -2.78. The van der Waals surface area contributed by atoms with Gasteiger partial charge in [0.05, 0.1) is 5.57 Å². The van der Waals surface area contributed by atoms with Crippen LogP contribution < -0.4 is 0 Å². The number of aromatic nitrogens is 3. The van der Waals surface area contributed by atoms with Gasteiger partial charge in [-0.3, -0.25) is 0 Å². The zero-order valence-corrected chi connectivity index (χ0v) is 15.0. The summed E-state index contributed by atoms with van der Waals surface area (Å²) in [6, 6.07) is 12.7. The normalized spacial score (nSPS) is 14.5. The third-order valence-electron chi connectivity index (χ3n) is 4.51. The number of allylic oxidation sites excluding steroid dienone is 1. The molecule has 0 N–H and O–H groups in total. The van der Waals surface area contributed by atoms with Gasteiger partial charge in [0.2, 0.25) is 0 Å². The first-order chi connectivity index (χ1) is 12.7. The molecule has 0 unspecified atom stereocenters. The average molecular weight is 364 g/mol. The predicted molar refractivity (Wildman–Crippen MR) is 101 cm³/mol. The molecule has 0 atom stereocenters. The van der Waals surface area contributed by atoms with E-state index in [0.717, 1.165) is 46.9 Å². The Kier molecular flexibility index (Phi) is 4.63. The Bertz CT molecular complexity index is 992. The zero-order chi connectivity index (χ0) is 17.9. The van der Waals surface area contributed by atoms with Gasteiger partial charge < -0.3 is 4.57 Å². The van der Waals surface area contributed by atoms with E-state index in [4.69, 9.17) is 0 Å². The van der Waals surface area contributed by atoms with Crippen LogP contribution in [0, 0.1) is 17.1 Å². The van der Waals surface area contributed by atoms with Crippen molar-refractivity contribution in [1.29, 1.82) is 5.26 Å². The number of rotatable bonds is 3. The fraction of sp³-hybridized carbons (Fsp3) is 0.250. The Labute approximate surface area is 155 Å². The van der Waals surface area contributed by atoms with Crippen LogP contribution in [-0.2, 0) is 13.0 Å². The van der Waals surface area contributed by atoms with Crippen molar-refractivity contribution in [3.05, 3.63) is 58.7 Å². The molecule has 1 aliphatic heterocycles. The quantitative estimate of drug-likeness (QED) is 0.619. The summed E-state index contributed by atoms with van der Waals surface area (Å²) in [5, 5.41) is 18.2. The summed E-state index contributed by atoms with van der Waals surface area (Å²) in [7, 11) is 0. The molecule has 0 amide bonds. The van der Waals surface area contributed by atoms with Gasteiger partial charge in [0.25, 0.3) is 0 Å². The SMILES string of the molecule is N#CC(=Cc1ccc(-c2ccc(F)cc2)s1)c1nnc2n1CCCCC2. The molecule has 0 spiro atoms. The van der Waals surface area contributed by atoms with Crippen molar-refractivity contribution in [2.24, 2.45) is 0 Å². The maximum Gasteiger partial charge on any atom is 0.174 e. The summed E-state index contributed by atoms with van der Waals surface area (Å²) in [5.74, 6) is 1.38. The van der Waals surface area contributed by atoms with Crippen LogP contribution in [0.4, 0.5) is 4.39 Å². The molecule has 4 nitrogen and oxygen atoms in total. The first-order valence-corrected chi connectivity index (χ1v) is 9.46. The van der Waals surface area contributed by atoms with Crippen molar-refractivity contribution in [1.82, 2.24) is 14.8 Å². The minimum absolute atomic E-state index is 0.246. The molecule has 130 valence electrons. The maximum absolute atomic E-state index is 13.1. The van der Waals surface area contributed by atoms with E-state index in [1.807, 2.05) is 18.2 Å². The Morgan fingerprint density at radius 2 is 1.96 bits per heavy atom. The van der Waals surface area contributed by atoms with Crippen LogP contribution in [-0.4, -0.2) is 14.8 Å². The van der Waals surface area contributed by atoms with Crippen molar-refractivity contribution in [3.63, 3.8) is 0 Å². The van der Waals surface area contributed by atoms with Crippen molar-refractivity contribution in [2.75, 3.05) is 0 Å². The van der Waals surface area contributed by atoms with E-state index in [1.165, 1.54) is 18.6 Å². The molecule has 0 saturated heterocycles. The lowest BCUT2D eigenvalue weighted by atomic mass is 10.2. The highest BCUT2D eigenvalue weighted by atomic mass is 32.1. The fourth-order valence-corrected chi connectivity index (χ4v) is 4.13. The number of hydrogen-bond donors (Lipinski definition) is 0. The molecule has 1 aliphatic rings. The summed E-state index contributed by atoms with van der Waals surface area (Å²) in [4.78, 5) is 2.00. The minimum Gasteiger partial charge on any atom is -0.310 e. The van der Waals surface area contributed by atoms with Crippen LogP contribution in [0.2, 0.25) is 0 Å². The summed E-state index contributed by atoms with van der Waals surface area (Å²) in [6.07, 6.45) is 6.17. The summed E-state index contributed by atoms with van der Waals surface area (Å²) < 4.78 is 15.2. The molecule has 0 bridgehead atoms. The van der Waals surface area contributed by atoms with E-state index in [1.54, 1.807) is 23.5 Å². The molecule has 0 aliphatic carbocycles. The molecule has 0 saturated carbocycles. The number of hydrogen-bond acceptors (Lipinski definition) is 4. The van der Waals surface area contributed by atoms with E-state index in [-0.39, 0.29) is 5.82 Å². The number of halogens is 1. The van der Waals surface area contributed by atoms with Crippen molar-refractivity contribution >= 4 is 23.0 Å². The summed E-state index contributed by atoms with van der Waals surface area (Å²) >= 11 is 1.57. The highest BCUT2D eigenvalue weighted by molar-refractivity contribution is 7.16. The van der Waals surface area contributed by atoms with Gasteiger partial charge in [-0.1, -0.05) is 18.6 Å². The second-order valence-corrected chi connectivity index (χ2v) is 7.40. The van der Waals surface area contributed by atoms with E-state index in [0.29, 0.717) is 11.4 Å². The third-order valence-corrected chi connectivity index (χ3v) is 5.59. The predicted octanol–water partition coefficient (Wildman–Crippen LogP) is 4.94. The molecule has 26 heavy (non-hydrogen) atoms. The van der Waals surface area contributed by atoms with Gasteiger partial charge in [-0.25, -0.2) is 4.39 Å². The van der Waals surface area contributed by atoms with E-state index in [9.17, 15) is 9.65 Å². The smallest absolute Gasteiger partial charge is 0.174 e. The standard InChI is InChI=1S/C20H17FN4S/c21-16-7-5-14(6-8-16)18-10-9-17(26-18)12-15(13-22)20-24-23-19-4-2-1-3-11-25(19)20/h5-10,12H,1-4,11H2. The summed E-state index contributed by atoms with van der Waals surface area (Å²) in [6.45, 7) is 0.863. The molecule has 6 heteroatoms. The highest BCUT2D eigenvalue weighted by Crippen LogP contribution is 2.31. The van der Waals surface area contributed by atoms with Gasteiger partial charge in [-0.05, 0) is 48.7 Å². The average Bonchev–Trinajstić information content (AvgIpc) is 3.21. The van der Waals surface area contributed by atoms with Gasteiger partial charge in [-0.15, -0.1) is 21.5 Å². The lowest BCUT2D eigenvalue weighted by Crippen LogP contribution is -2.05. The van der Waals surface area contributed by atoms with Crippen LogP contribution >= 0.6 is 11.3 Å². The molecular formula is C20H17FN4S. The minimum atomic E-state index is -0.246. The van der Waals surface area contributed by atoms with Crippen LogP contribution in [0.15, 0.2) is 36.4 Å². The molecule has 3 aromatic rings. The number of benzene rings is 1. The highest BCUT2D eigenvalue weighted by Gasteiger charge is 2.17. The number of nitriles is 1. The topological polar surface area (TPSA) is 54.5 Å². The van der Waals surface area contributed by atoms with E-state index >= 15 is 0 Å². The number of aryl methyl sites for hydroxylation is 1. The number of nitrogens with zero attached hydrogens (tertiary/aromatic N) is 4. The summed E-state index contributed by atoms with van der Waals surface area (Å²) in [5.41, 5.74) is 1.49. The molecular weight excluding hydrogens is 347 g/mol. The van der Waals surface area contributed by atoms with Gasteiger partial charge in [-0.2, -0.15) is 5.26 Å². The molecule has 1 aromatic carbocycles. The van der Waals surface area contributed by atoms with Crippen LogP contribution in [0.25, 0.3) is 22.1 Å². The Morgan fingerprint density at radius 3 is 2.77 bits per heavy atom. The first-order valence-electron chi connectivity index (χ1n) is 8.64. The Morgan fingerprint density at radius 1 is 1.12 bits per heavy atom. The second-order valence-electron chi connectivity index (χ2n) is 6.28. The number of thiophene rings is 1. The van der Waals surface area contributed by atoms with Crippen LogP contribution in [0.5, 0.6) is 0 Å². The van der Waals surface area contributed by atoms with Crippen molar-refractivity contribution in [2.45, 2.75) is 32.2 Å². The molecule has 0 radical (unpaired) electrons. The third kappa shape index (κ3) is 3.31. The van der Waals surface area contributed by atoms with E-state index < -0.39 is 0 Å². The lowest BCUT2D eigenvalue weighted by molar-refractivity contribution is 0.627. The van der Waals surface area contributed by atoms with E-state index in [2.05, 4.69) is 20.8 Å². The maximum atomic E-state index is 13.1.